The Kier molecular flexibility index (Phi) is 4.16. The van der Waals surface area contributed by atoms with Crippen molar-refractivity contribution < 1.29 is 13.5 Å². The predicted octanol–water partition coefficient (Wildman–Crippen LogP) is 1.69. The number of rotatable bonds is 3. The van der Waals surface area contributed by atoms with Gasteiger partial charge in [-0.25, -0.2) is 8.42 Å². The SMILES string of the molecule is CCS(=O)(=O)c1ccccc1N1CC[C@H](C)[C@@H](O)C1. The van der Waals surface area contributed by atoms with E-state index in [9.17, 15) is 13.5 Å². The van der Waals surface area contributed by atoms with E-state index in [1.165, 1.54) is 0 Å². The molecule has 2 rings (SSSR count). The molecule has 0 unspecified atom stereocenters. The van der Waals surface area contributed by atoms with Crippen molar-refractivity contribution in [3.8, 4) is 0 Å². The summed E-state index contributed by atoms with van der Waals surface area (Å²) in [4.78, 5) is 2.35. The normalized spacial score (nSPS) is 24.5. The number of anilines is 1. The van der Waals surface area contributed by atoms with Crippen LogP contribution in [0.5, 0.6) is 0 Å². The molecule has 0 radical (unpaired) electrons. The molecule has 0 bridgehead atoms. The zero-order chi connectivity index (χ0) is 14.0. The van der Waals surface area contributed by atoms with Gasteiger partial charge in [-0.1, -0.05) is 26.0 Å². The lowest BCUT2D eigenvalue weighted by atomic mass is 9.96. The lowest BCUT2D eigenvalue weighted by Gasteiger charge is -2.36. The van der Waals surface area contributed by atoms with Crippen LogP contribution in [0.4, 0.5) is 5.69 Å². The van der Waals surface area contributed by atoms with Crippen molar-refractivity contribution in [1.29, 1.82) is 0 Å². The predicted molar refractivity (Wildman–Crippen MR) is 76.2 cm³/mol. The van der Waals surface area contributed by atoms with E-state index in [1.54, 1.807) is 19.1 Å². The number of para-hydroxylation sites is 1. The Morgan fingerprint density at radius 1 is 1.37 bits per heavy atom. The van der Waals surface area contributed by atoms with Crippen LogP contribution in [-0.4, -0.2) is 38.5 Å². The van der Waals surface area contributed by atoms with E-state index < -0.39 is 15.9 Å². The molecule has 2 atom stereocenters. The van der Waals surface area contributed by atoms with E-state index in [0.29, 0.717) is 11.4 Å². The number of aliphatic hydroxyl groups is 1. The molecular weight excluding hydrogens is 262 g/mol. The Morgan fingerprint density at radius 3 is 2.68 bits per heavy atom. The van der Waals surface area contributed by atoms with Crippen molar-refractivity contribution >= 4 is 15.5 Å². The van der Waals surface area contributed by atoms with Gasteiger partial charge in [0.15, 0.2) is 9.84 Å². The lowest BCUT2D eigenvalue weighted by molar-refractivity contribution is 0.103. The number of nitrogens with zero attached hydrogens (tertiary/aromatic N) is 1. The molecular formula is C14H21NO3S. The average molecular weight is 283 g/mol. The summed E-state index contributed by atoms with van der Waals surface area (Å²) in [6, 6.07) is 7.06. The second kappa shape index (κ2) is 5.51. The van der Waals surface area contributed by atoms with Crippen LogP contribution in [0.3, 0.4) is 0 Å². The van der Waals surface area contributed by atoms with E-state index in [4.69, 9.17) is 0 Å². The number of aliphatic hydroxyl groups excluding tert-OH is 1. The van der Waals surface area contributed by atoms with Crippen LogP contribution in [0.1, 0.15) is 20.3 Å². The maximum atomic E-state index is 12.1. The molecule has 0 aromatic heterocycles. The highest BCUT2D eigenvalue weighted by atomic mass is 32.2. The van der Waals surface area contributed by atoms with Gasteiger partial charge in [0.1, 0.15) is 0 Å². The maximum Gasteiger partial charge on any atom is 0.180 e. The van der Waals surface area contributed by atoms with E-state index in [1.807, 2.05) is 24.0 Å². The van der Waals surface area contributed by atoms with E-state index >= 15 is 0 Å². The number of hydrogen-bond acceptors (Lipinski definition) is 4. The van der Waals surface area contributed by atoms with Gasteiger partial charge in [0.25, 0.3) is 0 Å². The Bertz CT molecular complexity index is 541. The molecule has 1 saturated heterocycles. The fraction of sp³-hybridized carbons (Fsp3) is 0.571. The van der Waals surface area contributed by atoms with Gasteiger partial charge in [-0.05, 0) is 24.5 Å². The third-order valence-corrected chi connectivity index (χ3v) is 5.62. The van der Waals surface area contributed by atoms with Crippen LogP contribution in [0.2, 0.25) is 0 Å². The summed E-state index contributed by atoms with van der Waals surface area (Å²) in [5.41, 5.74) is 0.718. The van der Waals surface area contributed by atoms with Crippen molar-refractivity contribution in [3.63, 3.8) is 0 Å². The number of hydrogen-bond donors (Lipinski definition) is 1. The summed E-state index contributed by atoms with van der Waals surface area (Å²) in [6.07, 6.45) is 0.480. The molecule has 0 spiro atoms. The van der Waals surface area contributed by atoms with Gasteiger partial charge >= 0.3 is 0 Å². The maximum absolute atomic E-state index is 12.1. The molecule has 1 aromatic rings. The molecule has 1 aromatic carbocycles. The van der Waals surface area contributed by atoms with E-state index in [0.717, 1.165) is 18.7 Å². The second-order valence-corrected chi connectivity index (χ2v) is 7.40. The van der Waals surface area contributed by atoms with Crippen LogP contribution in [0.25, 0.3) is 0 Å². The lowest BCUT2D eigenvalue weighted by Crippen LogP contribution is -2.43. The monoisotopic (exact) mass is 283 g/mol. The molecule has 0 saturated carbocycles. The highest BCUT2D eigenvalue weighted by Crippen LogP contribution is 2.29. The topological polar surface area (TPSA) is 57.6 Å². The van der Waals surface area contributed by atoms with Gasteiger partial charge in [0, 0.05) is 13.1 Å². The molecule has 1 heterocycles. The van der Waals surface area contributed by atoms with Crippen LogP contribution >= 0.6 is 0 Å². The number of β-amino-alcohol motifs (C(OH)–C–C–N with tert-alkyl or cyclic N) is 1. The van der Waals surface area contributed by atoms with Gasteiger partial charge < -0.3 is 10.0 Å². The molecule has 1 fully saturated rings. The smallest absolute Gasteiger partial charge is 0.180 e. The molecule has 0 amide bonds. The van der Waals surface area contributed by atoms with Gasteiger partial charge in [-0.2, -0.15) is 0 Å². The molecule has 19 heavy (non-hydrogen) atoms. The minimum Gasteiger partial charge on any atom is -0.391 e. The molecule has 1 N–H and O–H groups in total. The van der Waals surface area contributed by atoms with Crippen molar-refractivity contribution in [3.05, 3.63) is 24.3 Å². The largest absolute Gasteiger partial charge is 0.391 e. The third kappa shape index (κ3) is 2.92. The number of benzene rings is 1. The fourth-order valence-corrected chi connectivity index (χ4v) is 3.52. The van der Waals surface area contributed by atoms with E-state index in [-0.39, 0.29) is 11.7 Å². The average Bonchev–Trinajstić information content (AvgIpc) is 2.42. The first kappa shape index (κ1) is 14.3. The zero-order valence-electron chi connectivity index (χ0n) is 11.4. The molecule has 0 aliphatic carbocycles. The van der Waals surface area contributed by atoms with Gasteiger partial charge in [0.2, 0.25) is 0 Å². The second-order valence-electron chi connectivity index (χ2n) is 5.15. The van der Waals surface area contributed by atoms with Crippen molar-refractivity contribution in [2.75, 3.05) is 23.7 Å². The van der Waals surface area contributed by atoms with Crippen LogP contribution < -0.4 is 4.90 Å². The Balaban J connectivity index is 2.36. The highest BCUT2D eigenvalue weighted by Gasteiger charge is 2.27. The molecule has 1 aliphatic heterocycles. The minimum atomic E-state index is -3.23. The molecule has 106 valence electrons. The van der Waals surface area contributed by atoms with Crippen molar-refractivity contribution in [2.24, 2.45) is 5.92 Å². The summed E-state index contributed by atoms with van der Waals surface area (Å²) in [6.45, 7) is 4.96. The highest BCUT2D eigenvalue weighted by molar-refractivity contribution is 7.91. The number of piperidine rings is 1. The minimum absolute atomic E-state index is 0.0941. The first-order valence-electron chi connectivity index (χ1n) is 6.70. The van der Waals surface area contributed by atoms with E-state index in [2.05, 4.69) is 0 Å². The Hall–Kier alpha value is -1.07. The standard InChI is InChI=1S/C14H21NO3S/c1-3-19(17,18)14-7-5-4-6-12(14)15-9-8-11(2)13(16)10-15/h4-7,11,13,16H,3,8-10H2,1-2H3/t11-,13-/m0/s1. The molecule has 1 aliphatic rings. The third-order valence-electron chi connectivity index (χ3n) is 3.84. The molecule has 5 heteroatoms. The Labute approximate surface area is 115 Å². The fourth-order valence-electron chi connectivity index (χ4n) is 2.40. The van der Waals surface area contributed by atoms with Crippen molar-refractivity contribution in [2.45, 2.75) is 31.3 Å². The van der Waals surface area contributed by atoms with Crippen LogP contribution in [-0.2, 0) is 9.84 Å². The number of sulfone groups is 1. The van der Waals surface area contributed by atoms with Crippen molar-refractivity contribution in [1.82, 2.24) is 0 Å². The van der Waals surface area contributed by atoms with Crippen LogP contribution in [0.15, 0.2) is 29.2 Å². The zero-order valence-corrected chi connectivity index (χ0v) is 12.2. The summed E-state index contributed by atoms with van der Waals surface area (Å²) in [5.74, 6) is 0.364. The Morgan fingerprint density at radius 2 is 2.05 bits per heavy atom. The summed E-state index contributed by atoms with van der Waals surface area (Å²) < 4.78 is 24.2. The van der Waals surface area contributed by atoms with Gasteiger partial charge in [-0.3, -0.25) is 0 Å². The first-order chi connectivity index (χ1) is 8.95. The first-order valence-corrected chi connectivity index (χ1v) is 8.35. The summed E-state index contributed by atoms with van der Waals surface area (Å²) >= 11 is 0. The van der Waals surface area contributed by atoms with Gasteiger partial charge in [0.05, 0.1) is 22.4 Å². The van der Waals surface area contributed by atoms with Gasteiger partial charge in [-0.15, -0.1) is 0 Å². The van der Waals surface area contributed by atoms with Crippen LogP contribution in [0, 0.1) is 5.92 Å². The molecule has 4 nitrogen and oxygen atoms in total. The summed E-state index contributed by atoms with van der Waals surface area (Å²) in [5, 5.41) is 9.97. The quantitative estimate of drug-likeness (QED) is 0.917. The summed E-state index contributed by atoms with van der Waals surface area (Å²) in [7, 11) is -3.23.